The molecule has 6 nitrogen and oxygen atoms in total. The monoisotopic (exact) mass is 342 g/mol. The van der Waals surface area contributed by atoms with E-state index in [-0.39, 0.29) is 0 Å². The minimum atomic E-state index is 0.381. The Morgan fingerprint density at radius 3 is 2.72 bits per heavy atom. The second-order valence-corrected chi connectivity index (χ2v) is 7.11. The molecule has 4 rings (SSSR count). The number of aromatic amines is 1. The molecule has 1 aromatic carbocycles. The van der Waals surface area contributed by atoms with Gasteiger partial charge in [-0.2, -0.15) is 5.10 Å². The topological polar surface area (TPSA) is 76.4 Å². The van der Waals surface area contributed by atoms with Crippen LogP contribution in [0.5, 0.6) is 11.5 Å². The fourth-order valence-corrected chi connectivity index (χ4v) is 3.82. The number of benzene rings is 1. The number of H-pyrrole nitrogens is 1. The van der Waals surface area contributed by atoms with Crippen LogP contribution < -0.4 is 15.2 Å². The van der Waals surface area contributed by atoms with Gasteiger partial charge in [-0.15, -0.1) is 0 Å². The predicted molar refractivity (Wildman–Crippen MR) is 96.7 cm³/mol. The fourth-order valence-electron chi connectivity index (χ4n) is 3.82. The maximum atomic E-state index is 6.03. The van der Waals surface area contributed by atoms with Gasteiger partial charge in [-0.05, 0) is 50.9 Å². The van der Waals surface area contributed by atoms with E-state index in [9.17, 15) is 0 Å². The standard InChI is InChI=1S/C19H26N4O2/c1-23(16-5-3-15(20)4-6-16)12-14-11-21-22-19(14)13-2-7-17-18(10-13)25-9-8-24-17/h2,7,10-11,15-16H,3-6,8-9,12,20H2,1H3,(H,21,22). The highest BCUT2D eigenvalue weighted by Crippen LogP contribution is 2.35. The summed E-state index contributed by atoms with van der Waals surface area (Å²) >= 11 is 0. The Balaban J connectivity index is 1.50. The van der Waals surface area contributed by atoms with Crippen molar-refractivity contribution in [2.75, 3.05) is 20.3 Å². The van der Waals surface area contributed by atoms with Crippen LogP contribution in [0.4, 0.5) is 0 Å². The van der Waals surface area contributed by atoms with Crippen LogP contribution in [0.15, 0.2) is 24.4 Å². The number of aromatic nitrogens is 2. The third-order valence-electron chi connectivity index (χ3n) is 5.33. The van der Waals surface area contributed by atoms with Crippen molar-refractivity contribution in [3.05, 3.63) is 30.0 Å². The van der Waals surface area contributed by atoms with Crippen molar-refractivity contribution in [3.63, 3.8) is 0 Å². The van der Waals surface area contributed by atoms with E-state index < -0.39 is 0 Å². The van der Waals surface area contributed by atoms with Crippen molar-refractivity contribution in [2.45, 2.75) is 44.3 Å². The minimum Gasteiger partial charge on any atom is -0.486 e. The molecule has 25 heavy (non-hydrogen) atoms. The van der Waals surface area contributed by atoms with Crippen LogP contribution in [-0.2, 0) is 6.54 Å². The van der Waals surface area contributed by atoms with Gasteiger partial charge < -0.3 is 15.2 Å². The van der Waals surface area contributed by atoms with Gasteiger partial charge in [-0.1, -0.05) is 0 Å². The number of hydrogen-bond donors (Lipinski definition) is 2. The molecule has 0 atom stereocenters. The summed E-state index contributed by atoms with van der Waals surface area (Å²) in [6, 6.07) is 7.05. The summed E-state index contributed by atoms with van der Waals surface area (Å²) in [4.78, 5) is 2.43. The van der Waals surface area contributed by atoms with Crippen LogP contribution in [0.1, 0.15) is 31.2 Å². The zero-order chi connectivity index (χ0) is 17.2. The minimum absolute atomic E-state index is 0.381. The summed E-state index contributed by atoms with van der Waals surface area (Å²) in [6.07, 6.45) is 6.52. The van der Waals surface area contributed by atoms with Gasteiger partial charge in [0.2, 0.25) is 0 Å². The van der Waals surface area contributed by atoms with Crippen molar-refractivity contribution in [3.8, 4) is 22.8 Å². The third-order valence-corrected chi connectivity index (χ3v) is 5.33. The highest BCUT2D eigenvalue weighted by Gasteiger charge is 2.23. The molecule has 2 heterocycles. The van der Waals surface area contributed by atoms with E-state index in [1.807, 2.05) is 18.3 Å². The van der Waals surface area contributed by atoms with Crippen molar-refractivity contribution in [1.82, 2.24) is 15.1 Å². The SMILES string of the molecule is CN(Cc1cn[nH]c1-c1ccc2c(c1)OCCO2)C1CCC(N)CC1. The van der Waals surface area contributed by atoms with Crippen LogP contribution in [0, 0.1) is 0 Å². The average Bonchev–Trinajstić information content (AvgIpc) is 3.10. The van der Waals surface area contributed by atoms with E-state index >= 15 is 0 Å². The second-order valence-electron chi connectivity index (χ2n) is 7.11. The molecule has 3 N–H and O–H groups in total. The maximum absolute atomic E-state index is 6.03. The number of nitrogens with two attached hydrogens (primary N) is 1. The van der Waals surface area contributed by atoms with Gasteiger partial charge in [0, 0.05) is 29.8 Å². The molecular formula is C19H26N4O2. The van der Waals surface area contributed by atoms with Gasteiger partial charge in [0.15, 0.2) is 11.5 Å². The van der Waals surface area contributed by atoms with E-state index in [0.29, 0.717) is 25.3 Å². The molecule has 1 aromatic heterocycles. The number of fused-ring (bicyclic) bond motifs is 1. The maximum Gasteiger partial charge on any atom is 0.162 e. The van der Waals surface area contributed by atoms with Crippen LogP contribution >= 0.6 is 0 Å². The van der Waals surface area contributed by atoms with Gasteiger partial charge >= 0.3 is 0 Å². The summed E-state index contributed by atoms with van der Waals surface area (Å²) < 4.78 is 11.3. The van der Waals surface area contributed by atoms with Gasteiger partial charge in [-0.25, -0.2) is 0 Å². The molecule has 134 valence electrons. The van der Waals surface area contributed by atoms with E-state index in [1.54, 1.807) is 0 Å². The Morgan fingerprint density at radius 1 is 1.16 bits per heavy atom. The molecule has 2 aliphatic rings. The molecule has 1 fully saturated rings. The third kappa shape index (κ3) is 3.50. The zero-order valence-electron chi connectivity index (χ0n) is 14.7. The van der Waals surface area contributed by atoms with E-state index in [0.717, 1.165) is 42.1 Å². The summed E-state index contributed by atoms with van der Waals surface area (Å²) in [7, 11) is 2.20. The molecule has 0 radical (unpaired) electrons. The molecule has 1 aliphatic carbocycles. The van der Waals surface area contributed by atoms with Crippen molar-refractivity contribution >= 4 is 0 Å². The Hall–Kier alpha value is -2.05. The lowest BCUT2D eigenvalue weighted by molar-refractivity contribution is 0.171. The Kier molecular flexibility index (Phi) is 4.63. The smallest absolute Gasteiger partial charge is 0.162 e. The molecule has 0 bridgehead atoms. The van der Waals surface area contributed by atoms with E-state index in [4.69, 9.17) is 15.2 Å². The summed E-state index contributed by atoms with van der Waals surface area (Å²) in [6.45, 7) is 2.08. The van der Waals surface area contributed by atoms with E-state index in [2.05, 4.69) is 28.2 Å². The highest BCUT2D eigenvalue weighted by molar-refractivity contribution is 5.66. The number of rotatable bonds is 4. The lowest BCUT2D eigenvalue weighted by Gasteiger charge is -2.33. The first kappa shape index (κ1) is 16.4. The first-order valence-corrected chi connectivity index (χ1v) is 9.09. The largest absolute Gasteiger partial charge is 0.486 e. The van der Waals surface area contributed by atoms with Gasteiger partial charge in [0.1, 0.15) is 13.2 Å². The van der Waals surface area contributed by atoms with Crippen LogP contribution in [0.2, 0.25) is 0 Å². The first-order valence-electron chi connectivity index (χ1n) is 9.09. The Bertz CT molecular complexity index is 722. The lowest BCUT2D eigenvalue weighted by atomic mass is 9.91. The van der Waals surface area contributed by atoms with Crippen LogP contribution in [-0.4, -0.2) is 47.4 Å². The molecule has 0 spiro atoms. The zero-order valence-corrected chi connectivity index (χ0v) is 14.7. The number of nitrogens with zero attached hydrogens (tertiary/aromatic N) is 2. The Morgan fingerprint density at radius 2 is 1.92 bits per heavy atom. The van der Waals surface area contributed by atoms with Gasteiger partial charge in [0.25, 0.3) is 0 Å². The van der Waals surface area contributed by atoms with Crippen molar-refractivity contribution < 1.29 is 9.47 Å². The Labute approximate surface area is 148 Å². The first-order chi connectivity index (χ1) is 12.2. The van der Waals surface area contributed by atoms with E-state index in [1.165, 1.54) is 18.4 Å². The second kappa shape index (κ2) is 7.06. The van der Waals surface area contributed by atoms with Gasteiger partial charge in [-0.3, -0.25) is 10.00 Å². The van der Waals surface area contributed by atoms with Crippen LogP contribution in [0.3, 0.4) is 0 Å². The van der Waals surface area contributed by atoms with Crippen molar-refractivity contribution in [1.29, 1.82) is 0 Å². The van der Waals surface area contributed by atoms with Crippen molar-refractivity contribution in [2.24, 2.45) is 5.73 Å². The number of nitrogens with one attached hydrogen (secondary N) is 1. The predicted octanol–water partition coefficient (Wildman–Crippen LogP) is 2.55. The number of hydrogen-bond acceptors (Lipinski definition) is 5. The molecule has 1 aliphatic heterocycles. The van der Waals surface area contributed by atoms with Gasteiger partial charge in [0.05, 0.1) is 11.9 Å². The normalized spacial score (nSPS) is 23.0. The fraction of sp³-hybridized carbons (Fsp3) is 0.526. The molecule has 1 saturated carbocycles. The molecule has 6 heteroatoms. The quantitative estimate of drug-likeness (QED) is 0.893. The summed E-state index contributed by atoms with van der Waals surface area (Å²) in [5.41, 5.74) is 9.37. The summed E-state index contributed by atoms with van der Waals surface area (Å²) in [5.74, 6) is 1.62. The lowest BCUT2D eigenvalue weighted by Crippen LogP contribution is -2.38. The molecular weight excluding hydrogens is 316 g/mol. The molecule has 0 saturated heterocycles. The summed E-state index contributed by atoms with van der Waals surface area (Å²) in [5, 5.41) is 7.43. The molecule has 2 aromatic rings. The van der Waals surface area contributed by atoms with Crippen LogP contribution in [0.25, 0.3) is 11.3 Å². The average molecular weight is 342 g/mol. The highest BCUT2D eigenvalue weighted by atomic mass is 16.6. The molecule has 0 amide bonds. The molecule has 0 unspecified atom stereocenters. The number of ether oxygens (including phenoxy) is 2.